The molecule has 170 valence electrons. The molecule has 2 bridgehead atoms. The maximum Gasteiger partial charge on any atom is 0.163 e. The largest absolute Gasteiger partial charge is 0.378 e. The van der Waals surface area contributed by atoms with Crippen LogP contribution in [0.4, 0.5) is 5.82 Å². The van der Waals surface area contributed by atoms with Crippen LogP contribution in [0.3, 0.4) is 0 Å². The number of fused-ring (bicyclic) bond motifs is 4. The Hall–Kier alpha value is -2.55. The van der Waals surface area contributed by atoms with Gasteiger partial charge in [0.05, 0.1) is 19.8 Å². The van der Waals surface area contributed by atoms with Gasteiger partial charge in [-0.2, -0.15) is 0 Å². The van der Waals surface area contributed by atoms with Crippen LogP contribution >= 0.6 is 11.3 Å². The second kappa shape index (κ2) is 8.04. The molecule has 2 saturated heterocycles. The second-order valence-corrected chi connectivity index (χ2v) is 10.8. The smallest absolute Gasteiger partial charge is 0.163 e. The number of nitrogens with one attached hydrogen (secondary N) is 1. The Morgan fingerprint density at radius 3 is 2.73 bits per heavy atom. The van der Waals surface area contributed by atoms with Gasteiger partial charge in [-0.15, -0.1) is 0 Å². The standard InChI is InChI=1S/C25H28N6OS/c1-2-19(18-6-7-26-20(18)3-1)23-28-24(31-8-10-32-11-9-31)22-25(29-23)33-21(27-22)15-30-13-16-4-5-17(12-16)14-30/h1-3,6-7,16-17,26H,4-5,8-15H2. The molecular weight excluding hydrogens is 432 g/mol. The number of rotatable bonds is 4. The van der Waals surface area contributed by atoms with E-state index in [2.05, 4.69) is 39.0 Å². The Morgan fingerprint density at radius 2 is 1.88 bits per heavy atom. The lowest BCUT2D eigenvalue weighted by molar-refractivity contribution is 0.122. The summed E-state index contributed by atoms with van der Waals surface area (Å²) in [5.41, 5.74) is 3.11. The van der Waals surface area contributed by atoms with E-state index >= 15 is 0 Å². The molecule has 4 aromatic rings. The molecule has 33 heavy (non-hydrogen) atoms. The highest BCUT2D eigenvalue weighted by Gasteiger charge is 2.33. The van der Waals surface area contributed by atoms with Crippen LogP contribution in [0.5, 0.6) is 0 Å². The van der Waals surface area contributed by atoms with E-state index in [1.165, 1.54) is 32.4 Å². The van der Waals surface area contributed by atoms with Crippen LogP contribution in [0, 0.1) is 11.8 Å². The zero-order chi connectivity index (χ0) is 21.8. The first-order valence-corrected chi connectivity index (χ1v) is 12.9. The molecule has 0 radical (unpaired) electrons. The molecule has 5 heterocycles. The number of ether oxygens (including phenoxy) is 1. The fourth-order valence-corrected chi connectivity index (χ4v) is 6.92. The molecule has 2 atom stereocenters. The average Bonchev–Trinajstić information content (AvgIpc) is 3.56. The summed E-state index contributed by atoms with van der Waals surface area (Å²) in [6.07, 6.45) is 6.21. The van der Waals surface area contributed by atoms with Crippen molar-refractivity contribution in [2.45, 2.75) is 25.8 Å². The lowest BCUT2D eigenvalue weighted by Gasteiger charge is -2.30. The number of anilines is 1. The first kappa shape index (κ1) is 19.9. The molecular formula is C25H28N6OS. The minimum atomic E-state index is 0.724. The predicted octanol–water partition coefficient (Wildman–Crippen LogP) is 4.30. The Balaban J connectivity index is 1.31. The summed E-state index contributed by atoms with van der Waals surface area (Å²) in [7, 11) is 0. The van der Waals surface area contributed by atoms with Crippen LogP contribution in [0.15, 0.2) is 30.5 Å². The summed E-state index contributed by atoms with van der Waals surface area (Å²) in [6, 6.07) is 8.39. The Morgan fingerprint density at radius 1 is 1.03 bits per heavy atom. The van der Waals surface area contributed by atoms with E-state index in [4.69, 9.17) is 19.7 Å². The first-order valence-electron chi connectivity index (χ1n) is 12.1. The fraction of sp³-hybridized carbons (Fsp3) is 0.480. The Labute approximate surface area is 196 Å². The molecule has 3 fully saturated rings. The lowest BCUT2D eigenvalue weighted by Crippen LogP contribution is -2.37. The summed E-state index contributed by atoms with van der Waals surface area (Å²) in [6.45, 7) is 6.48. The van der Waals surface area contributed by atoms with Gasteiger partial charge in [-0.25, -0.2) is 15.0 Å². The molecule has 1 aliphatic carbocycles. The fourth-order valence-electron chi connectivity index (χ4n) is 5.95. The minimum absolute atomic E-state index is 0.724. The third-order valence-corrected chi connectivity index (χ3v) is 8.41. The van der Waals surface area contributed by atoms with Gasteiger partial charge < -0.3 is 14.6 Å². The van der Waals surface area contributed by atoms with E-state index < -0.39 is 0 Å². The molecule has 3 aromatic heterocycles. The number of likely N-dealkylation sites (tertiary alicyclic amines) is 1. The average molecular weight is 461 g/mol. The Kier molecular flexibility index (Phi) is 4.84. The van der Waals surface area contributed by atoms with Gasteiger partial charge in [0.2, 0.25) is 0 Å². The summed E-state index contributed by atoms with van der Waals surface area (Å²) in [4.78, 5) is 24.5. The summed E-state index contributed by atoms with van der Waals surface area (Å²) < 4.78 is 5.61. The molecule has 8 heteroatoms. The van der Waals surface area contributed by atoms with E-state index in [1.54, 1.807) is 11.3 Å². The number of piperidine rings is 1. The number of benzene rings is 1. The number of nitrogens with zero attached hydrogens (tertiary/aromatic N) is 5. The Bertz CT molecular complexity index is 1300. The maximum atomic E-state index is 5.61. The van der Waals surface area contributed by atoms with Crippen molar-refractivity contribution in [2.75, 3.05) is 44.3 Å². The first-order chi connectivity index (χ1) is 16.3. The van der Waals surface area contributed by atoms with Gasteiger partial charge in [0.15, 0.2) is 11.6 Å². The van der Waals surface area contributed by atoms with Gasteiger partial charge in [0, 0.05) is 48.8 Å². The van der Waals surface area contributed by atoms with E-state index in [0.717, 1.165) is 88.1 Å². The third kappa shape index (κ3) is 3.61. The van der Waals surface area contributed by atoms with Crippen LogP contribution in [0.2, 0.25) is 0 Å². The van der Waals surface area contributed by atoms with Crippen molar-refractivity contribution in [1.29, 1.82) is 0 Å². The van der Waals surface area contributed by atoms with Crippen molar-refractivity contribution >= 4 is 38.4 Å². The molecule has 1 N–H and O–H groups in total. The van der Waals surface area contributed by atoms with Gasteiger partial charge in [-0.1, -0.05) is 23.5 Å². The van der Waals surface area contributed by atoms with Gasteiger partial charge in [0.1, 0.15) is 15.4 Å². The molecule has 7 rings (SSSR count). The number of aromatic amines is 1. The highest BCUT2D eigenvalue weighted by Crippen LogP contribution is 2.38. The van der Waals surface area contributed by atoms with Crippen molar-refractivity contribution in [3.8, 4) is 11.4 Å². The number of morpholine rings is 1. The van der Waals surface area contributed by atoms with E-state index in [1.807, 2.05) is 6.20 Å². The molecule has 1 aromatic carbocycles. The van der Waals surface area contributed by atoms with Crippen molar-refractivity contribution in [2.24, 2.45) is 11.8 Å². The van der Waals surface area contributed by atoms with Gasteiger partial charge in [-0.05, 0) is 43.2 Å². The molecule has 3 aliphatic rings. The summed E-state index contributed by atoms with van der Waals surface area (Å²) in [5.74, 6) is 3.50. The normalized spacial score (nSPS) is 23.7. The summed E-state index contributed by atoms with van der Waals surface area (Å²) >= 11 is 1.74. The van der Waals surface area contributed by atoms with Crippen LogP contribution in [0.25, 0.3) is 32.6 Å². The van der Waals surface area contributed by atoms with Gasteiger partial charge in [-0.3, -0.25) is 4.90 Å². The molecule has 7 nitrogen and oxygen atoms in total. The number of aromatic nitrogens is 4. The van der Waals surface area contributed by atoms with Gasteiger partial charge in [0.25, 0.3) is 0 Å². The van der Waals surface area contributed by atoms with Crippen molar-refractivity contribution < 1.29 is 4.74 Å². The zero-order valence-corrected chi connectivity index (χ0v) is 19.5. The third-order valence-electron chi connectivity index (χ3n) is 7.47. The molecule has 0 spiro atoms. The molecule has 1 saturated carbocycles. The maximum absolute atomic E-state index is 5.61. The van der Waals surface area contributed by atoms with Crippen LogP contribution in [0.1, 0.15) is 24.3 Å². The van der Waals surface area contributed by atoms with Crippen molar-refractivity contribution in [1.82, 2.24) is 24.8 Å². The SMILES string of the molecule is c1cc(-c2nc(N3CCOCC3)c3nc(CN4CC5CCC(C5)C4)sc3n2)c2cc[nH]c2c1. The van der Waals surface area contributed by atoms with Crippen LogP contribution in [-0.4, -0.2) is 64.2 Å². The zero-order valence-electron chi connectivity index (χ0n) is 18.7. The van der Waals surface area contributed by atoms with Crippen LogP contribution < -0.4 is 4.90 Å². The molecule has 2 aliphatic heterocycles. The number of hydrogen-bond acceptors (Lipinski definition) is 7. The number of H-pyrrole nitrogens is 1. The predicted molar refractivity (Wildman–Crippen MR) is 132 cm³/mol. The van der Waals surface area contributed by atoms with E-state index in [9.17, 15) is 0 Å². The molecule has 2 unspecified atom stereocenters. The molecule has 0 amide bonds. The van der Waals surface area contributed by atoms with Crippen molar-refractivity contribution in [3.63, 3.8) is 0 Å². The van der Waals surface area contributed by atoms with Gasteiger partial charge >= 0.3 is 0 Å². The topological polar surface area (TPSA) is 70.2 Å². The van der Waals surface area contributed by atoms with E-state index in [0.29, 0.717) is 0 Å². The minimum Gasteiger partial charge on any atom is -0.378 e. The van der Waals surface area contributed by atoms with E-state index in [-0.39, 0.29) is 0 Å². The quantitative estimate of drug-likeness (QED) is 0.490. The lowest BCUT2D eigenvalue weighted by atomic mass is 9.99. The van der Waals surface area contributed by atoms with Crippen molar-refractivity contribution in [3.05, 3.63) is 35.5 Å². The number of thiazole rings is 1. The summed E-state index contributed by atoms with van der Waals surface area (Å²) in [5, 5.41) is 2.31. The second-order valence-electron chi connectivity index (χ2n) is 9.72. The van der Waals surface area contributed by atoms with Crippen LogP contribution in [-0.2, 0) is 11.3 Å². The monoisotopic (exact) mass is 460 g/mol. The highest BCUT2D eigenvalue weighted by molar-refractivity contribution is 7.18. The number of hydrogen-bond donors (Lipinski definition) is 1. The highest BCUT2D eigenvalue weighted by atomic mass is 32.1.